The summed E-state index contributed by atoms with van der Waals surface area (Å²) in [6.07, 6.45) is 0. The lowest BCUT2D eigenvalue weighted by Gasteiger charge is -2.18. The van der Waals surface area contributed by atoms with E-state index in [0.717, 1.165) is 5.75 Å². The lowest BCUT2D eigenvalue weighted by molar-refractivity contribution is 0.102. The molecule has 2 heterocycles. The van der Waals surface area contributed by atoms with Crippen molar-refractivity contribution in [1.29, 1.82) is 0 Å². The van der Waals surface area contributed by atoms with Crippen molar-refractivity contribution in [3.05, 3.63) is 40.1 Å². The van der Waals surface area contributed by atoms with Gasteiger partial charge >= 0.3 is 0 Å². The molecule has 0 atom stereocenters. The van der Waals surface area contributed by atoms with Crippen LogP contribution in [-0.2, 0) is 0 Å². The maximum atomic E-state index is 12.2. The normalized spacial score (nSPS) is 13.3. The fourth-order valence-electron chi connectivity index (χ4n) is 2.10. The van der Waals surface area contributed by atoms with Crippen LogP contribution in [0.5, 0.6) is 11.5 Å². The number of thiophene rings is 1. The van der Waals surface area contributed by atoms with E-state index in [1.165, 1.54) is 4.88 Å². The van der Waals surface area contributed by atoms with Crippen LogP contribution in [0.1, 0.15) is 35.0 Å². The van der Waals surface area contributed by atoms with E-state index >= 15 is 0 Å². The van der Waals surface area contributed by atoms with Crippen LogP contribution in [0.3, 0.4) is 0 Å². The van der Waals surface area contributed by atoms with Gasteiger partial charge in [-0.2, -0.15) is 0 Å². The minimum absolute atomic E-state index is 0.102. The van der Waals surface area contributed by atoms with Gasteiger partial charge in [-0.25, -0.2) is 0 Å². The quantitative estimate of drug-likeness (QED) is 0.935. The van der Waals surface area contributed by atoms with Gasteiger partial charge in [-0.15, -0.1) is 11.3 Å². The Kier molecular flexibility index (Phi) is 3.84. The number of ether oxygens (including phenoxy) is 2. The Hall–Kier alpha value is -2.01. The molecule has 21 heavy (non-hydrogen) atoms. The van der Waals surface area contributed by atoms with Crippen molar-refractivity contribution < 1.29 is 14.3 Å². The molecular weight excluding hydrogens is 286 g/mol. The molecule has 1 aliphatic rings. The maximum Gasteiger partial charge on any atom is 0.256 e. The highest BCUT2D eigenvalue weighted by molar-refractivity contribution is 7.10. The second-order valence-electron chi connectivity index (χ2n) is 5.21. The minimum atomic E-state index is -0.102. The summed E-state index contributed by atoms with van der Waals surface area (Å²) in [4.78, 5) is 13.5. The van der Waals surface area contributed by atoms with E-state index in [1.54, 1.807) is 17.4 Å². The summed E-state index contributed by atoms with van der Waals surface area (Å²) in [6.45, 7) is 5.33. The second kappa shape index (κ2) is 5.77. The molecule has 1 amide bonds. The summed E-state index contributed by atoms with van der Waals surface area (Å²) in [6, 6.07) is 7.38. The molecule has 0 spiro atoms. The summed E-state index contributed by atoms with van der Waals surface area (Å²) in [5.74, 6) is 1.73. The Bertz CT molecular complexity index is 663. The molecule has 1 aromatic heterocycles. The van der Waals surface area contributed by atoms with Crippen molar-refractivity contribution in [2.75, 3.05) is 18.5 Å². The number of nitrogens with one attached hydrogen (secondary N) is 1. The second-order valence-corrected chi connectivity index (χ2v) is 6.15. The Balaban J connectivity index is 1.74. The molecule has 1 N–H and O–H groups in total. The molecular formula is C16H17NO3S. The Morgan fingerprint density at radius 3 is 2.67 bits per heavy atom. The third-order valence-corrected chi connectivity index (χ3v) is 4.48. The molecule has 1 aromatic carbocycles. The summed E-state index contributed by atoms with van der Waals surface area (Å²) < 4.78 is 11.0. The zero-order chi connectivity index (χ0) is 14.8. The van der Waals surface area contributed by atoms with Crippen LogP contribution in [0, 0.1) is 0 Å². The number of benzene rings is 1. The number of rotatable bonds is 3. The summed E-state index contributed by atoms with van der Waals surface area (Å²) in [5, 5.41) is 4.78. The first-order valence-electron chi connectivity index (χ1n) is 6.93. The SMILES string of the molecule is CC(C)c1cc(C(=O)Nc2ccc3c(c2)OCCO3)cs1. The van der Waals surface area contributed by atoms with Gasteiger partial charge in [-0.1, -0.05) is 13.8 Å². The molecule has 0 unspecified atom stereocenters. The Morgan fingerprint density at radius 1 is 1.19 bits per heavy atom. The number of hydrogen-bond acceptors (Lipinski definition) is 4. The third-order valence-electron chi connectivity index (χ3n) is 3.25. The molecule has 1 aliphatic heterocycles. The van der Waals surface area contributed by atoms with E-state index in [0.29, 0.717) is 36.1 Å². The van der Waals surface area contributed by atoms with Gasteiger partial charge in [0.2, 0.25) is 0 Å². The molecule has 4 nitrogen and oxygen atoms in total. The minimum Gasteiger partial charge on any atom is -0.486 e. The van der Waals surface area contributed by atoms with E-state index in [-0.39, 0.29) is 5.91 Å². The highest BCUT2D eigenvalue weighted by Gasteiger charge is 2.14. The first-order valence-corrected chi connectivity index (χ1v) is 7.81. The maximum absolute atomic E-state index is 12.2. The van der Waals surface area contributed by atoms with E-state index in [2.05, 4.69) is 19.2 Å². The van der Waals surface area contributed by atoms with Crippen LogP contribution in [0.15, 0.2) is 29.6 Å². The number of amides is 1. The van der Waals surface area contributed by atoms with E-state index in [9.17, 15) is 4.79 Å². The van der Waals surface area contributed by atoms with Gasteiger partial charge in [0, 0.05) is 22.0 Å². The van der Waals surface area contributed by atoms with Gasteiger partial charge in [0.05, 0.1) is 5.56 Å². The predicted octanol–water partition coefficient (Wildman–Crippen LogP) is 3.90. The van der Waals surface area contributed by atoms with Gasteiger partial charge in [0.15, 0.2) is 11.5 Å². The molecule has 0 saturated carbocycles. The average molecular weight is 303 g/mol. The van der Waals surface area contributed by atoms with Gasteiger partial charge in [0.25, 0.3) is 5.91 Å². The van der Waals surface area contributed by atoms with Crippen molar-refractivity contribution in [1.82, 2.24) is 0 Å². The first-order chi connectivity index (χ1) is 10.1. The molecule has 2 aromatic rings. The highest BCUT2D eigenvalue weighted by Crippen LogP contribution is 2.33. The summed E-state index contributed by atoms with van der Waals surface area (Å²) in [5.41, 5.74) is 1.40. The number of fused-ring (bicyclic) bond motifs is 1. The molecule has 0 saturated heterocycles. The Labute approximate surface area is 127 Å². The largest absolute Gasteiger partial charge is 0.486 e. The van der Waals surface area contributed by atoms with Gasteiger partial charge in [-0.05, 0) is 24.1 Å². The fourth-order valence-corrected chi connectivity index (χ4v) is 3.00. The van der Waals surface area contributed by atoms with Crippen LogP contribution >= 0.6 is 11.3 Å². The topological polar surface area (TPSA) is 47.6 Å². The standard InChI is InChI=1S/C16H17NO3S/c1-10(2)15-7-11(9-21-15)16(18)17-12-3-4-13-14(8-12)20-6-5-19-13/h3-4,7-10H,5-6H2,1-2H3,(H,17,18). The van der Waals surface area contributed by atoms with Gasteiger partial charge in [-0.3, -0.25) is 4.79 Å². The first kappa shape index (κ1) is 13.9. The zero-order valence-corrected chi connectivity index (χ0v) is 12.8. The average Bonchev–Trinajstić information content (AvgIpc) is 2.97. The molecule has 110 valence electrons. The van der Waals surface area contributed by atoms with Crippen LogP contribution in [0.25, 0.3) is 0 Å². The summed E-state index contributed by atoms with van der Waals surface area (Å²) in [7, 11) is 0. The molecule has 3 rings (SSSR count). The van der Waals surface area contributed by atoms with Crippen LogP contribution in [0.2, 0.25) is 0 Å². The van der Waals surface area contributed by atoms with Crippen LogP contribution in [-0.4, -0.2) is 19.1 Å². The molecule has 0 radical (unpaired) electrons. The fraction of sp³-hybridized carbons (Fsp3) is 0.312. The van der Waals surface area contributed by atoms with Crippen molar-refractivity contribution in [2.24, 2.45) is 0 Å². The predicted molar refractivity (Wildman–Crippen MR) is 83.8 cm³/mol. The lowest BCUT2D eigenvalue weighted by atomic mass is 10.1. The van der Waals surface area contributed by atoms with Crippen molar-refractivity contribution in [3.63, 3.8) is 0 Å². The van der Waals surface area contributed by atoms with Gasteiger partial charge < -0.3 is 14.8 Å². The molecule has 0 aliphatic carbocycles. The third kappa shape index (κ3) is 3.03. The van der Waals surface area contributed by atoms with E-state index < -0.39 is 0 Å². The number of hydrogen-bond donors (Lipinski definition) is 1. The Morgan fingerprint density at radius 2 is 1.95 bits per heavy atom. The van der Waals surface area contributed by atoms with Crippen LogP contribution in [0.4, 0.5) is 5.69 Å². The van der Waals surface area contributed by atoms with E-state index in [4.69, 9.17) is 9.47 Å². The monoisotopic (exact) mass is 303 g/mol. The van der Waals surface area contributed by atoms with Gasteiger partial charge in [0.1, 0.15) is 13.2 Å². The molecule has 0 fully saturated rings. The number of carbonyl (C=O) groups is 1. The smallest absolute Gasteiger partial charge is 0.256 e. The van der Waals surface area contributed by atoms with Crippen molar-refractivity contribution in [3.8, 4) is 11.5 Å². The molecule has 5 heteroatoms. The number of anilines is 1. The lowest BCUT2D eigenvalue weighted by Crippen LogP contribution is -2.16. The summed E-state index contributed by atoms with van der Waals surface area (Å²) >= 11 is 1.61. The van der Waals surface area contributed by atoms with Crippen molar-refractivity contribution >= 4 is 22.9 Å². The highest BCUT2D eigenvalue weighted by atomic mass is 32.1. The van der Waals surface area contributed by atoms with Crippen molar-refractivity contribution in [2.45, 2.75) is 19.8 Å². The van der Waals surface area contributed by atoms with E-state index in [1.807, 2.05) is 23.6 Å². The zero-order valence-electron chi connectivity index (χ0n) is 12.0. The van der Waals surface area contributed by atoms with Crippen LogP contribution < -0.4 is 14.8 Å². The molecule has 0 bridgehead atoms. The number of carbonyl (C=O) groups excluding carboxylic acids is 1.